The molecule has 1 aliphatic heterocycles. The molecule has 6 heteroatoms. The summed E-state index contributed by atoms with van der Waals surface area (Å²) in [4.78, 5) is 17.6. The number of piperidine rings is 1. The number of nitrogens with two attached hydrogens (primary N) is 1. The topological polar surface area (TPSA) is 77.7 Å². The summed E-state index contributed by atoms with van der Waals surface area (Å²) in [5.41, 5.74) is 6.78. The third kappa shape index (κ3) is 4.95. The molecule has 0 aliphatic carbocycles. The predicted molar refractivity (Wildman–Crippen MR) is 99.3 cm³/mol. The summed E-state index contributed by atoms with van der Waals surface area (Å²) in [6.07, 6.45) is 3.60. The normalized spacial score (nSPS) is 15.6. The molecular weight excluding hydrogens is 330 g/mol. The van der Waals surface area contributed by atoms with E-state index >= 15 is 0 Å². The van der Waals surface area contributed by atoms with Crippen LogP contribution in [0.25, 0.3) is 0 Å². The molecule has 26 heavy (non-hydrogen) atoms. The standard InChI is InChI=1S/C20H25N3O3/c1-2-25-16-5-3-15(4-6-16)14-23-11-8-17(9-12-23)26-18-7-10-22-19(13-18)20(21)24/h3-7,10,13,17H,2,8-9,11-12,14H2,1H3,(H2,21,24). The fourth-order valence-electron chi connectivity index (χ4n) is 3.11. The lowest BCUT2D eigenvalue weighted by Crippen LogP contribution is -2.37. The molecular formula is C20H25N3O3. The van der Waals surface area contributed by atoms with E-state index in [9.17, 15) is 4.79 Å². The smallest absolute Gasteiger partial charge is 0.267 e. The van der Waals surface area contributed by atoms with Gasteiger partial charge in [0, 0.05) is 31.9 Å². The monoisotopic (exact) mass is 355 g/mol. The van der Waals surface area contributed by atoms with Crippen LogP contribution in [0.15, 0.2) is 42.6 Å². The molecule has 1 aromatic heterocycles. The van der Waals surface area contributed by atoms with Gasteiger partial charge in [0.2, 0.25) is 0 Å². The Kier molecular flexibility index (Phi) is 6.07. The van der Waals surface area contributed by atoms with Crippen molar-refractivity contribution < 1.29 is 14.3 Å². The number of carbonyl (C=O) groups excluding carboxylic acids is 1. The van der Waals surface area contributed by atoms with Crippen molar-refractivity contribution in [2.45, 2.75) is 32.4 Å². The van der Waals surface area contributed by atoms with Crippen molar-refractivity contribution in [3.05, 3.63) is 53.9 Å². The first-order valence-corrected chi connectivity index (χ1v) is 9.00. The van der Waals surface area contributed by atoms with E-state index in [1.807, 2.05) is 19.1 Å². The summed E-state index contributed by atoms with van der Waals surface area (Å²) in [6, 6.07) is 11.7. The molecule has 0 unspecified atom stereocenters. The van der Waals surface area contributed by atoms with Gasteiger partial charge in [-0.15, -0.1) is 0 Å². The van der Waals surface area contributed by atoms with Crippen LogP contribution in [0.5, 0.6) is 11.5 Å². The fraction of sp³-hybridized carbons (Fsp3) is 0.400. The molecule has 0 radical (unpaired) electrons. The summed E-state index contributed by atoms with van der Waals surface area (Å²) < 4.78 is 11.5. The molecule has 3 rings (SSSR count). The maximum atomic E-state index is 11.2. The number of rotatable bonds is 7. The number of primary amides is 1. The Hall–Kier alpha value is -2.60. The summed E-state index contributed by atoms with van der Waals surface area (Å²) >= 11 is 0. The summed E-state index contributed by atoms with van der Waals surface area (Å²) in [6.45, 7) is 5.56. The quantitative estimate of drug-likeness (QED) is 0.826. The number of ether oxygens (including phenoxy) is 2. The number of nitrogens with zero attached hydrogens (tertiary/aromatic N) is 2. The van der Waals surface area contributed by atoms with Crippen molar-refractivity contribution in [2.75, 3.05) is 19.7 Å². The lowest BCUT2D eigenvalue weighted by Gasteiger charge is -2.32. The van der Waals surface area contributed by atoms with Crippen molar-refractivity contribution >= 4 is 5.91 Å². The third-order valence-corrected chi connectivity index (χ3v) is 4.46. The van der Waals surface area contributed by atoms with Gasteiger partial charge in [-0.2, -0.15) is 0 Å². The summed E-state index contributed by atoms with van der Waals surface area (Å²) in [5.74, 6) is 1.02. The van der Waals surface area contributed by atoms with Crippen LogP contribution in [0.2, 0.25) is 0 Å². The van der Waals surface area contributed by atoms with Gasteiger partial charge in [0.15, 0.2) is 0 Å². The first-order chi connectivity index (χ1) is 12.6. The zero-order valence-electron chi connectivity index (χ0n) is 15.1. The largest absolute Gasteiger partial charge is 0.494 e. The van der Waals surface area contributed by atoms with Crippen LogP contribution in [0.3, 0.4) is 0 Å². The van der Waals surface area contributed by atoms with E-state index in [2.05, 4.69) is 22.0 Å². The predicted octanol–water partition coefficient (Wildman–Crippen LogP) is 2.62. The Morgan fingerprint density at radius 2 is 1.92 bits per heavy atom. The molecule has 1 aliphatic rings. The SMILES string of the molecule is CCOc1ccc(CN2CCC(Oc3ccnc(C(N)=O)c3)CC2)cc1. The number of carbonyl (C=O) groups is 1. The van der Waals surface area contributed by atoms with Crippen LogP contribution >= 0.6 is 0 Å². The van der Waals surface area contributed by atoms with Gasteiger partial charge in [-0.3, -0.25) is 14.7 Å². The maximum absolute atomic E-state index is 11.2. The fourth-order valence-corrected chi connectivity index (χ4v) is 3.11. The number of hydrogen-bond acceptors (Lipinski definition) is 5. The van der Waals surface area contributed by atoms with Crippen LogP contribution in [0, 0.1) is 0 Å². The van der Waals surface area contributed by atoms with Gasteiger partial charge in [0.1, 0.15) is 23.3 Å². The second-order valence-corrected chi connectivity index (χ2v) is 6.41. The summed E-state index contributed by atoms with van der Waals surface area (Å²) in [7, 11) is 0. The van der Waals surface area contributed by atoms with Crippen LogP contribution in [0.4, 0.5) is 0 Å². The molecule has 1 fully saturated rings. The lowest BCUT2D eigenvalue weighted by molar-refractivity contribution is 0.0953. The molecule has 2 heterocycles. The van der Waals surface area contributed by atoms with E-state index in [1.54, 1.807) is 18.3 Å². The Morgan fingerprint density at radius 3 is 2.58 bits per heavy atom. The number of amides is 1. The Balaban J connectivity index is 1.48. The van der Waals surface area contributed by atoms with E-state index < -0.39 is 5.91 Å². The van der Waals surface area contributed by atoms with Gasteiger partial charge in [-0.05, 0) is 43.5 Å². The molecule has 138 valence electrons. The van der Waals surface area contributed by atoms with E-state index in [-0.39, 0.29) is 11.8 Å². The molecule has 2 aromatic rings. The third-order valence-electron chi connectivity index (χ3n) is 4.46. The van der Waals surface area contributed by atoms with Gasteiger partial charge in [-0.1, -0.05) is 12.1 Å². The summed E-state index contributed by atoms with van der Waals surface area (Å²) in [5, 5.41) is 0. The highest BCUT2D eigenvalue weighted by Gasteiger charge is 2.21. The van der Waals surface area contributed by atoms with E-state index in [0.29, 0.717) is 12.4 Å². The van der Waals surface area contributed by atoms with Crippen molar-refractivity contribution in [3.8, 4) is 11.5 Å². The van der Waals surface area contributed by atoms with Crippen LogP contribution in [-0.4, -0.2) is 41.6 Å². The molecule has 0 spiro atoms. The van der Waals surface area contributed by atoms with Crippen LogP contribution in [-0.2, 0) is 6.54 Å². The zero-order valence-corrected chi connectivity index (χ0v) is 15.1. The molecule has 0 saturated carbocycles. The number of pyridine rings is 1. The molecule has 1 saturated heterocycles. The van der Waals surface area contributed by atoms with E-state index in [1.165, 1.54) is 5.56 Å². The van der Waals surface area contributed by atoms with Gasteiger partial charge < -0.3 is 15.2 Å². The van der Waals surface area contributed by atoms with Gasteiger partial charge in [-0.25, -0.2) is 0 Å². The zero-order chi connectivity index (χ0) is 18.4. The lowest BCUT2D eigenvalue weighted by atomic mass is 10.1. The van der Waals surface area contributed by atoms with E-state index in [4.69, 9.17) is 15.2 Å². The highest BCUT2D eigenvalue weighted by molar-refractivity contribution is 5.91. The first kappa shape index (κ1) is 18.2. The first-order valence-electron chi connectivity index (χ1n) is 9.00. The molecule has 2 N–H and O–H groups in total. The molecule has 6 nitrogen and oxygen atoms in total. The Morgan fingerprint density at radius 1 is 1.19 bits per heavy atom. The minimum absolute atomic E-state index is 0.148. The number of likely N-dealkylation sites (tertiary alicyclic amines) is 1. The number of aromatic nitrogens is 1. The minimum atomic E-state index is -0.541. The second kappa shape index (κ2) is 8.67. The van der Waals surface area contributed by atoms with Gasteiger partial charge in [0.05, 0.1) is 6.61 Å². The molecule has 1 amide bonds. The minimum Gasteiger partial charge on any atom is -0.494 e. The van der Waals surface area contributed by atoms with Crippen molar-refractivity contribution in [3.63, 3.8) is 0 Å². The average molecular weight is 355 g/mol. The van der Waals surface area contributed by atoms with Crippen molar-refractivity contribution in [2.24, 2.45) is 5.73 Å². The van der Waals surface area contributed by atoms with Crippen molar-refractivity contribution in [1.82, 2.24) is 9.88 Å². The average Bonchev–Trinajstić information content (AvgIpc) is 2.65. The second-order valence-electron chi connectivity index (χ2n) is 6.41. The van der Waals surface area contributed by atoms with Crippen LogP contribution < -0.4 is 15.2 Å². The highest BCUT2D eigenvalue weighted by atomic mass is 16.5. The van der Waals surface area contributed by atoms with Crippen LogP contribution in [0.1, 0.15) is 35.8 Å². The number of hydrogen-bond donors (Lipinski definition) is 1. The molecule has 0 atom stereocenters. The van der Waals surface area contributed by atoms with Gasteiger partial charge >= 0.3 is 0 Å². The molecule has 0 bridgehead atoms. The number of benzene rings is 1. The maximum Gasteiger partial charge on any atom is 0.267 e. The Bertz CT molecular complexity index is 725. The van der Waals surface area contributed by atoms with Gasteiger partial charge in [0.25, 0.3) is 5.91 Å². The highest BCUT2D eigenvalue weighted by Crippen LogP contribution is 2.21. The molecule has 1 aromatic carbocycles. The van der Waals surface area contributed by atoms with E-state index in [0.717, 1.165) is 38.2 Å². The Labute approximate surface area is 153 Å². The van der Waals surface area contributed by atoms with Crippen molar-refractivity contribution in [1.29, 1.82) is 0 Å².